The first kappa shape index (κ1) is 13.8. The summed E-state index contributed by atoms with van der Waals surface area (Å²) < 4.78 is 0. The molecule has 0 spiro atoms. The highest BCUT2D eigenvalue weighted by Gasteiger charge is 2.21. The first-order valence-electron chi connectivity index (χ1n) is 7.44. The van der Waals surface area contributed by atoms with Crippen LogP contribution < -0.4 is 5.73 Å². The quantitative estimate of drug-likeness (QED) is 0.765. The van der Waals surface area contributed by atoms with Crippen LogP contribution in [0.5, 0.6) is 0 Å². The molecule has 0 aliphatic heterocycles. The summed E-state index contributed by atoms with van der Waals surface area (Å²) in [5, 5.41) is 2.35. The SMILES string of the molecule is CCC(c1ccccc1)C(N)c1cncc2ccccc12. The standard InChI is InChI=1S/C19H20N2/c1-2-16(14-8-4-3-5-9-14)19(20)18-13-21-12-15-10-6-7-11-17(15)18/h3-13,16,19H,2,20H2,1H3. The zero-order valence-corrected chi connectivity index (χ0v) is 12.2. The maximum absolute atomic E-state index is 6.61. The monoisotopic (exact) mass is 276 g/mol. The van der Waals surface area contributed by atoms with E-state index in [4.69, 9.17) is 5.73 Å². The zero-order chi connectivity index (χ0) is 14.7. The van der Waals surface area contributed by atoms with Crippen LogP contribution in [0.15, 0.2) is 67.0 Å². The minimum atomic E-state index is -0.0454. The smallest absolute Gasteiger partial charge is 0.0385 e. The number of nitrogens with zero attached hydrogens (tertiary/aromatic N) is 1. The molecule has 0 saturated heterocycles. The van der Waals surface area contributed by atoms with Crippen molar-refractivity contribution < 1.29 is 0 Å². The molecule has 0 aliphatic rings. The molecule has 21 heavy (non-hydrogen) atoms. The van der Waals surface area contributed by atoms with Crippen molar-refractivity contribution >= 4 is 10.8 Å². The molecular weight excluding hydrogens is 256 g/mol. The molecule has 2 aromatic carbocycles. The van der Waals surface area contributed by atoms with Gasteiger partial charge < -0.3 is 5.73 Å². The van der Waals surface area contributed by atoms with Crippen molar-refractivity contribution in [1.82, 2.24) is 4.98 Å². The van der Waals surface area contributed by atoms with E-state index in [-0.39, 0.29) is 6.04 Å². The molecule has 0 bridgehead atoms. The van der Waals surface area contributed by atoms with E-state index in [1.165, 1.54) is 10.9 Å². The molecule has 1 aromatic heterocycles. The van der Waals surface area contributed by atoms with Gasteiger partial charge in [-0.15, -0.1) is 0 Å². The highest BCUT2D eigenvalue weighted by Crippen LogP contribution is 2.34. The van der Waals surface area contributed by atoms with E-state index in [2.05, 4.69) is 54.4 Å². The topological polar surface area (TPSA) is 38.9 Å². The molecular formula is C19H20N2. The second-order valence-corrected chi connectivity index (χ2v) is 5.40. The Hall–Kier alpha value is -2.19. The molecule has 0 radical (unpaired) electrons. The summed E-state index contributed by atoms with van der Waals surface area (Å²) >= 11 is 0. The Labute approximate surface area is 125 Å². The van der Waals surface area contributed by atoms with Crippen molar-refractivity contribution in [3.8, 4) is 0 Å². The largest absolute Gasteiger partial charge is 0.323 e. The van der Waals surface area contributed by atoms with Crippen molar-refractivity contribution in [3.05, 3.63) is 78.1 Å². The molecule has 0 amide bonds. The van der Waals surface area contributed by atoms with Crippen LogP contribution in [-0.2, 0) is 0 Å². The third-order valence-electron chi connectivity index (χ3n) is 4.16. The average Bonchev–Trinajstić information content (AvgIpc) is 2.56. The fraction of sp³-hybridized carbons (Fsp3) is 0.211. The summed E-state index contributed by atoms with van der Waals surface area (Å²) in [6, 6.07) is 18.8. The lowest BCUT2D eigenvalue weighted by Gasteiger charge is -2.24. The van der Waals surface area contributed by atoms with Gasteiger partial charge in [-0.05, 0) is 22.9 Å². The van der Waals surface area contributed by atoms with Crippen LogP contribution in [0, 0.1) is 0 Å². The molecule has 2 unspecified atom stereocenters. The molecule has 0 saturated carbocycles. The number of pyridine rings is 1. The Morgan fingerprint density at radius 2 is 1.67 bits per heavy atom. The van der Waals surface area contributed by atoms with Crippen LogP contribution in [0.3, 0.4) is 0 Å². The van der Waals surface area contributed by atoms with Crippen LogP contribution in [0.2, 0.25) is 0 Å². The van der Waals surface area contributed by atoms with E-state index in [9.17, 15) is 0 Å². The van der Waals surface area contributed by atoms with Crippen LogP contribution >= 0.6 is 0 Å². The number of hydrogen-bond acceptors (Lipinski definition) is 2. The van der Waals surface area contributed by atoms with Gasteiger partial charge in [0.25, 0.3) is 0 Å². The van der Waals surface area contributed by atoms with Crippen LogP contribution in [0.25, 0.3) is 10.8 Å². The lowest BCUT2D eigenvalue weighted by Crippen LogP contribution is -2.20. The number of nitrogens with two attached hydrogens (primary N) is 1. The minimum absolute atomic E-state index is 0.0454. The van der Waals surface area contributed by atoms with Crippen molar-refractivity contribution in [2.45, 2.75) is 25.3 Å². The predicted molar refractivity (Wildman–Crippen MR) is 88.1 cm³/mol. The second-order valence-electron chi connectivity index (χ2n) is 5.40. The van der Waals surface area contributed by atoms with Gasteiger partial charge in [0.1, 0.15) is 0 Å². The van der Waals surface area contributed by atoms with Gasteiger partial charge in [0, 0.05) is 29.7 Å². The third-order valence-corrected chi connectivity index (χ3v) is 4.16. The molecule has 2 N–H and O–H groups in total. The van der Waals surface area contributed by atoms with Crippen molar-refractivity contribution in [2.24, 2.45) is 5.73 Å². The molecule has 2 heteroatoms. The predicted octanol–water partition coefficient (Wildman–Crippen LogP) is 4.43. The first-order chi connectivity index (χ1) is 10.3. The lowest BCUT2D eigenvalue weighted by molar-refractivity contribution is 0.541. The van der Waals surface area contributed by atoms with E-state index in [0.717, 1.165) is 17.4 Å². The molecule has 1 heterocycles. The zero-order valence-electron chi connectivity index (χ0n) is 12.2. The van der Waals surface area contributed by atoms with Crippen LogP contribution in [0.1, 0.15) is 36.4 Å². The minimum Gasteiger partial charge on any atom is -0.323 e. The number of benzene rings is 2. The summed E-state index contributed by atoms with van der Waals surface area (Å²) in [6.45, 7) is 2.19. The lowest BCUT2D eigenvalue weighted by atomic mass is 9.85. The van der Waals surface area contributed by atoms with Gasteiger partial charge in [0.2, 0.25) is 0 Å². The van der Waals surface area contributed by atoms with Gasteiger partial charge >= 0.3 is 0 Å². The van der Waals surface area contributed by atoms with Crippen molar-refractivity contribution in [2.75, 3.05) is 0 Å². The maximum atomic E-state index is 6.61. The van der Waals surface area contributed by atoms with E-state index in [0.29, 0.717) is 5.92 Å². The van der Waals surface area contributed by atoms with Gasteiger partial charge in [-0.1, -0.05) is 61.5 Å². The Morgan fingerprint density at radius 1 is 0.952 bits per heavy atom. The molecule has 2 nitrogen and oxygen atoms in total. The van der Waals surface area contributed by atoms with Crippen molar-refractivity contribution in [1.29, 1.82) is 0 Å². The molecule has 0 aliphatic carbocycles. The van der Waals surface area contributed by atoms with Gasteiger partial charge in [0.05, 0.1) is 0 Å². The average molecular weight is 276 g/mol. The van der Waals surface area contributed by atoms with E-state index >= 15 is 0 Å². The van der Waals surface area contributed by atoms with Gasteiger partial charge in [-0.2, -0.15) is 0 Å². The number of fused-ring (bicyclic) bond motifs is 1. The van der Waals surface area contributed by atoms with E-state index in [1.807, 2.05) is 24.5 Å². The molecule has 3 rings (SSSR count). The van der Waals surface area contributed by atoms with E-state index < -0.39 is 0 Å². The summed E-state index contributed by atoms with van der Waals surface area (Å²) in [5.74, 6) is 0.304. The molecule has 2 atom stereocenters. The summed E-state index contributed by atoms with van der Waals surface area (Å²) in [4.78, 5) is 4.36. The third kappa shape index (κ3) is 2.67. The summed E-state index contributed by atoms with van der Waals surface area (Å²) in [6.07, 6.45) is 4.82. The molecule has 0 fully saturated rings. The highest BCUT2D eigenvalue weighted by atomic mass is 14.7. The molecule has 3 aromatic rings. The Kier molecular flexibility index (Phi) is 3.98. The van der Waals surface area contributed by atoms with E-state index in [1.54, 1.807) is 0 Å². The number of rotatable bonds is 4. The fourth-order valence-electron chi connectivity index (χ4n) is 3.02. The number of hydrogen-bond donors (Lipinski definition) is 1. The molecule has 106 valence electrons. The van der Waals surface area contributed by atoms with Crippen LogP contribution in [0.4, 0.5) is 0 Å². The second kappa shape index (κ2) is 6.06. The van der Waals surface area contributed by atoms with Crippen LogP contribution in [-0.4, -0.2) is 4.98 Å². The fourth-order valence-corrected chi connectivity index (χ4v) is 3.02. The highest BCUT2D eigenvalue weighted by molar-refractivity contribution is 5.85. The Balaban J connectivity index is 2.05. The normalized spacial score (nSPS) is 14.0. The Bertz CT molecular complexity index is 716. The van der Waals surface area contributed by atoms with Gasteiger partial charge in [-0.25, -0.2) is 0 Å². The summed E-state index contributed by atoms with van der Waals surface area (Å²) in [5.41, 5.74) is 9.03. The maximum Gasteiger partial charge on any atom is 0.0385 e. The summed E-state index contributed by atoms with van der Waals surface area (Å²) in [7, 11) is 0. The number of aromatic nitrogens is 1. The van der Waals surface area contributed by atoms with Gasteiger partial charge in [0.15, 0.2) is 0 Å². The van der Waals surface area contributed by atoms with Crippen molar-refractivity contribution in [3.63, 3.8) is 0 Å². The van der Waals surface area contributed by atoms with Gasteiger partial charge in [-0.3, -0.25) is 4.98 Å². The Morgan fingerprint density at radius 3 is 2.43 bits per heavy atom. The first-order valence-corrected chi connectivity index (χ1v) is 7.44.